The summed E-state index contributed by atoms with van der Waals surface area (Å²) in [5, 5.41) is 4.65. The smallest absolute Gasteiger partial charge is 0.0459 e. The first-order valence-electron chi connectivity index (χ1n) is 6.65. The van der Waals surface area contributed by atoms with Crippen molar-refractivity contribution >= 4 is 10.9 Å². The van der Waals surface area contributed by atoms with Gasteiger partial charge < -0.3 is 10.3 Å². The van der Waals surface area contributed by atoms with E-state index in [9.17, 15) is 0 Å². The van der Waals surface area contributed by atoms with Gasteiger partial charge in [0, 0.05) is 17.1 Å². The lowest BCUT2D eigenvalue weighted by Crippen LogP contribution is -2.10. The molecule has 0 amide bonds. The predicted octanol–water partition coefficient (Wildman–Crippen LogP) is 2.81. The fourth-order valence-corrected chi connectivity index (χ4v) is 2.88. The molecule has 2 aromatic rings. The lowest BCUT2D eigenvalue weighted by molar-refractivity contribution is 0.687. The van der Waals surface area contributed by atoms with Crippen molar-refractivity contribution in [1.29, 1.82) is 0 Å². The average molecular weight is 228 g/mol. The van der Waals surface area contributed by atoms with Crippen LogP contribution in [0.15, 0.2) is 18.3 Å². The number of benzene rings is 1. The zero-order valence-electron chi connectivity index (χ0n) is 10.5. The van der Waals surface area contributed by atoms with Gasteiger partial charge in [-0.05, 0) is 74.5 Å². The SMILES string of the molecule is CNCCc1c[nH]c2cc3c(cc12)CCCC3. The summed E-state index contributed by atoms with van der Waals surface area (Å²) in [5.74, 6) is 0. The highest BCUT2D eigenvalue weighted by molar-refractivity contribution is 5.85. The Balaban J connectivity index is 2.03. The molecule has 1 aromatic heterocycles. The van der Waals surface area contributed by atoms with Crippen LogP contribution in [0.2, 0.25) is 0 Å². The molecule has 2 nitrogen and oxygen atoms in total. The van der Waals surface area contributed by atoms with Crippen molar-refractivity contribution < 1.29 is 0 Å². The first-order chi connectivity index (χ1) is 8.38. The van der Waals surface area contributed by atoms with Crippen LogP contribution in [-0.4, -0.2) is 18.6 Å². The van der Waals surface area contributed by atoms with Crippen molar-refractivity contribution in [2.45, 2.75) is 32.1 Å². The van der Waals surface area contributed by atoms with Gasteiger partial charge in [-0.25, -0.2) is 0 Å². The minimum Gasteiger partial charge on any atom is -0.361 e. The van der Waals surface area contributed by atoms with E-state index < -0.39 is 0 Å². The quantitative estimate of drug-likeness (QED) is 0.830. The van der Waals surface area contributed by atoms with Gasteiger partial charge in [-0.2, -0.15) is 0 Å². The molecule has 1 aliphatic carbocycles. The van der Waals surface area contributed by atoms with Crippen LogP contribution in [0, 0.1) is 0 Å². The van der Waals surface area contributed by atoms with Gasteiger partial charge in [-0.3, -0.25) is 0 Å². The average Bonchev–Trinajstić information content (AvgIpc) is 2.76. The van der Waals surface area contributed by atoms with Crippen LogP contribution in [0.1, 0.15) is 29.5 Å². The molecule has 2 heteroatoms. The topological polar surface area (TPSA) is 27.8 Å². The fourth-order valence-electron chi connectivity index (χ4n) is 2.88. The standard InChI is InChI=1S/C15H20N2/c1-16-7-6-13-10-17-15-9-12-5-3-2-4-11(12)8-14(13)15/h8-10,16-17H,2-7H2,1H3. The zero-order chi connectivity index (χ0) is 11.7. The number of aromatic amines is 1. The maximum absolute atomic E-state index is 3.42. The van der Waals surface area contributed by atoms with Crippen molar-refractivity contribution in [3.05, 3.63) is 35.0 Å². The van der Waals surface area contributed by atoms with Crippen LogP contribution in [0.4, 0.5) is 0 Å². The van der Waals surface area contributed by atoms with Gasteiger partial charge in [0.25, 0.3) is 0 Å². The van der Waals surface area contributed by atoms with Crippen molar-refractivity contribution in [1.82, 2.24) is 10.3 Å². The lowest BCUT2D eigenvalue weighted by atomic mass is 9.90. The first kappa shape index (κ1) is 10.8. The molecule has 3 rings (SSSR count). The molecule has 0 bridgehead atoms. The third-order valence-corrected chi connectivity index (χ3v) is 3.87. The normalized spacial score (nSPS) is 15.1. The molecule has 1 aliphatic rings. The second-order valence-electron chi connectivity index (χ2n) is 5.04. The van der Waals surface area contributed by atoms with E-state index in [4.69, 9.17) is 0 Å². The molecule has 1 heterocycles. The van der Waals surface area contributed by atoms with Crippen LogP contribution >= 0.6 is 0 Å². The zero-order valence-corrected chi connectivity index (χ0v) is 10.5. The second-order valence-corrected chi connectivity index (χ2v) is 5.04. The highest BCUT2D eigenvalue weighted by atomic mass is 14.8. The van der Waals surface area contributed by atoms with Crippen molar-refractivity contribution in [3.63, 3.8) is 0 Å². The molecule has 2 N–H and O–H groups in total. The number of aromatic nitrogens is 1. The van der Waals surface area contributed by atoms with E-state index in [1.165, 1.54) is 42.1 Å². The lowest BCUT2D eigenvalue weighted by Gasteiger charge is -2.15. The number of hydrogen-bond acceptors (Lipinski definition) is 1. The van der Waals surface area contributed by atoms with Crippen LogP contribution in [0.5, 0.6) is 0 Å². The number of hydrogen-bond donors (Lipinski definition) is 2. The molecular weight excluding hydrogens is 208 g/mol. The Morgan fingerprint density at radius 3 is 2.71 bits per heavy atom. The first-order valence-corrected chi connectivity index (χ1v) is 6.65. The molecule has 0 fully saturated rings. The van der Waals surface area contributed by atoms with Crippen LogP contribution in [0.3, 0.4) is 0 Å². The monoisotopic (exact) mass is 228 g/mol. The summed E-state index contributed by atoms with van der Waals surface area (Å²) in [5.41, 5.74) is 5.90. The summed E-state index contributed by atoms with van der Waals surface area (Å²) >= 11 is 0. The highest BCUT2D eigenvalue weighted by Gasteiger charge is 2.12. The maximum Gasteiger partial charge on any atom is 0.0459 e. The Kier molecular flexibility index (Phi) is 2.89. The molecule has 0 saturated carbocycles. The molecule has 1 aromatic carbocycles. The molecule has 0 atom stereocenters. The van der Waals surface area contributed by atoms with E-state index in [2.05, 4.69) is 28.6 Å². The molecular formula is C15H20N2. The third-order valence-electron chi connectivity index (χ3n) is 3.87. The van der Waals surface area contributed by atoms with Crippen molar-refractivity contribution in [3.8, 4) is 0 Å². The Morgan fingerprint density at radius 1 is 1.18 bits per heavy atom. The highest BCUT2D eigenvalue weighted by Crippen LogP contribution is 2.28. The summed E-state index contributed by atoms with van der Waals surface area (Å²) in [6.07, 6.45) is 8.52. The second kappa shape index (κ2) is 4.53. The van der Waals surface area contributed by atoms with Crippen LogP contribution in [-0.2, 0) is 19.3 Å². The minimum absolute atomic E-state index is 1.05. The Bertz CT molecular complexity index is 525. The van der Waals surface area contributed by atoms with Crippen LogP contribution in [0.25, 0.3) is 10.9 Å². The summed E-state index contributed by atoms with van der Waals surface area (Å²) in [4.78, 5) is 3.42. The van der Waals surface area contributed by atoms with Gasteiger partial charge in [0.2, 0.25) is 0 Å². The third kappa shape index (κ3) is 1.98. The van der Waals surface area contributed by atoms with E-state index in [1.54, 1.807) is 11.1 Å². The number of fused-ring (bicyclic) bond motifs is 2. The van der Waals surface area contributed by atoms with Crippen LogP contribution < -0.4 is 5.32 Å². The van der Waals surface area contributed by atoms with E-state index in [-0.39, 0.29) is 0 Å². The van der Waals surface area contributed by atoms with E-state index >= 15 is 0 Å². The number of rotatable bonds is 3. The van der Waals surface area contributed by atoms with E-state index in [0.717, 1.165) is 13.0 Å². The Hall–Kier alpha value is -1.28. The van der Waals surface area contributed by atoms with Gasteiger partial charge in [0.15, 0.2) is 0 Å². The summed E-state index contributed by atoms with van der Waals surface area (Å²) < 4.78 is 0. The van der Waals surface area contributed by atoms with Crippen molar-refractivity contribution in [2.75, 3.05) is 13.6 Å². The van der Waals surface area contributed by atoms with E-state index in [0.29, 0.717) is 0 Å². The predicted molar refractivity (Wildman–Crippen MR) is 72.6 cm³/mol. The molecule has 0 saturated heterocycles. The summed E-state index contributed by atoms with van der Waals surface area (Å²) in [7, 11) is 2.01. The molecule has 0 spiro atoms. The molecule has 0 unspecified atom stereocenters. The number of likely N-dealkylation sites (N-methyl/N-ethyl adjacent to an activating group) is 1. The summed E-state index contributed by atoms with van der Waals surface area (Å²) in [6, 6.07) is 4.79. The number of H-pyrrole nitrogens is 1. The minimum atomic E-state index is 1.05. The molecule has 90 valence electrons. The van der Waals surface area contributed by atoms with Gasteiger partial charge in [-0.15, -0.1) is 0 Å². The van der Waals surface area contributed by atoms with Gasteiger partial charge in [0.05, 0.1) is 0 Å². The molecule has 0 aliphatic heterocycles. The Labute approximate surface area is 102 Å². The molecule has 17 heavy (non-hydrogen) atoms. The van der Waals surface area contributed by atoms with Gasteiger partial charge in [0.1, 0.15) is 0 Å². The number of aryl methyl sites for hydroxylation is 2. The fraction of sp³-hybridized carbons (Fsp3) is 0.467. The van der Waals surface area contributed by atoms with Gasteiger partial charge >= 0.3 is 0 Å². The van der Waals surface area contributed by atoms with Crippen molar-refractivity contribution in [2.24, 2.45) is 0 Å². The number of nitrogens with one attached hydrogen (secondary N) is 2. The maximum atomic E-state index is 3.42. The Morgan fingerprint density at radius 2 is 1.94 bits per heavy atom. The van der Waals surface area contributed by atoms with E-state index in [1.807, 2.05) is 7.05 Å². The summed E-state index contributed by atoms with van der Waals surface area (Å²) in [6.45, 7) is 1.05. The molecule has 0 radical (unpaired) electrons. The van der Waals surface area contributed by atoms with Gasteiger partial charge in [-0.1, -0.05) is 0 Å². The largest absolute Gasteiger partial charge is 0.361 e.